The van der Waals surface area contributed by atoms with Crippen LogP contribution < -0.4 is 12.4 Å². The van der Waals surface area contributed by atoms with E-state index in [1.54, 1.807) is 18.3 Å². The fraction of sp³-hybridized carbons (Fsp3) is 0.789. The molecule has 0 saturated heterocycles. The van der Waals surface area contributed by atoms with E-state index < -0.39 is 33.7 Å². The van der Waals surface area contributed by atoms with E-state index in [0.717, 1.165) is 15.3 Å². The van der Waals surface area contributed by atoms with Crippen molar-refractivity contribution in [1.82, 2.24) is 0 Å². The average Bonchev–Trinajstić information content (AvgIpc) is 2.93. The van der Waals surface area contributed by atoms with Gasteiger partial charge in [-0.1, -0.05) is 20.8 Å². The third-order valence-corrected chi connectivity index (χ3v) is 17.1. The molecular formula is C19H33BrO6S2Sn. The number of ether oxygens (including phenoxy) is 3. The maximum atomic E-state index is 12.2. The molecule has 168 valence electrons. The van der Waals surface area contributed by atoms with Gasteiger partial charge >= 0.3 is 167 Å². The molecule has 0 spiro atoms. The molecule has 0 amide bonds. The summed E-state index contributed by atoms with van der Waals surface area (Å²) in [6.07, 6.45) is 0.180. The van der Waals surface area contributed by atoms with Crippen LogP contribution in [0.1, 0.15) is 34.1 Å². The molecule has 0 saturated carbocycles. The summed E-state index contributed by atoms with van der Waals surface area (Å²) in [6.45, 7) is 8.75. The first-order chi connectivity index (χ1) is 13.2. The summed E-state index contributed by atoms with van der Waals surface area (Å²) >= 11 is 2.98. The Balaban J connectivity index is 1.82. The van der Waals surface area contributed by atoms with Crippen LogP contribution in [0.25, 0.3) is 0 Å². The van der Waals surface area contributed by atoms with Gasteiger partial charge in [-0.2, -0.15) is 0 Å². The maximum absolute atomic E-state index is 12.2. The summed E-state index contributed by atoms with van der Waals surface area (Å²) in [7, 11) is -3.59. The van der Waals surface area contributed by atoms with Crippen LogP contribution in [-0.4, -0.2) is 64.6 Å². The number of rotatable bonds is 9. The molecule has 6 nitrogen and oxygen atoms in total. The van der Waals surface area contributed by atoms with E-state index in [4.69, 9.17) is 18.4 Å². The topological polar surface area (TPSA) is 71.1 Å². The van der Waals surface area contributed by atoms with Crippen molar-refractivity contribution in [2.24, 2.45) is 5.41 Å². The van der Waals surface area contributed by atoms with Crippen LogP contribution in [-0.2, 0) is 19.0 Å². The smallest absolute Gasteiger partial charge is 0.0579 e. The molecule has 2 heterocycles. The molecule has 0 aliphatic carbocycles. The molecule has 2 rings (SSSR count). The standard InChI is InChI=1S/C16H24BrO6S2.3CH3.Sn/c1-11(25(18,19)22-10-16(2,3)4)5-6-20-7-12-8-21-14-13(23-12)9-24-15(14)17;;;;/h11-12H,5-8,10H2,1-4H3;3*1H3;. The van der Waals surface area contributed by atoms with Gasteiger partial charge in [0, 0.05) is 0 Å². The van der Waals surface area contributed by atoms with Crippen molar-refractivity contribution in [1.29, 1.82) is 0 Å². The third kappa shape index (κ3) is 7.52. The van der Waals surface area contributed by atoms with Crippen molar-refractivity contribution in [2.75, 3.05) is 26.4 Å². The minimum absolute atomic E-state index is 0.174. The molecule has 2 atom stereocenters. The Morgan fingerprint density at radius 1 is 1.28 bits per heavy atom. The molecule has 0 radical (unpaired) electrons. The molecule has 10 heteroatoms. The van der Waals surface area contributed by atoms with Gasteiger partial charge in [0.25, 0.3) is 0 Å². The van der Waals surface area contributed by atoms with Gasteiger partial charge in [-0.05, 0) is 5.41 Å². The Bertz CT molecular complexity index is 795. The van der Waals surface area contributed by atoms with Crippen LogP contribution in [0, 0.1) is 5.41 Å². The Kier molecular flexibility index (Phi) is 8.81. The molecule has 1 aromatic heterocycles. The summed E-state index contributed by atoms with van der Waals surface area (Å²) in [5.41, 5.74) is -0.201. The summed E-state index contributed by atoms with van der Waals surface area (Å²) < 4.78 is 49.8. The number of hydrogen-bond donors (Lipinski definition) is 0. The Morgan fingerprint density at radius 3 is 2.52 bits per heavy atom. The fourth-order valence-corrected chi connectivity index (χ4v) is 12.6. The molecular weight excluding hydrogens is 587 g/mol. The molecule has 1 aromatic rings. The van der Waals surface area contributed by atoms with Gasteiger partial charge in [0.15, 0.2) is 0 Å². The second-order valence-corrected chi connectivity index (χ2v) is 29.3. The second kappa shape index (κ2) is 9.93. The Labute approximate surface area is 191 Å². The molecule has 1 aliphatic rings. The quantitative estimate of drug-likeness (QED) is 0.232. The number of halogens is 1. The zero-order valence-corrected chi connectivity index (χ0v) is 24.4. The van der Waals surface area contributed by atoms with Gasteiger partial charge in [-0.3, -0.25) is 0 Å². The van der Waals surface area contributed by atoms with E-state index in [1.165, 1.54) is 2.89 Å². The SMILES string of the molecule is CC(CCOCC1COc2c(Br)s[c]([Sn]([CH3])([CH3])[CH3])c2O1)S(=O)(=O)OCC(C)(C)C. The van der Waals surface area contributed by atoms with Crippen molar-refractivity contribution < 1.29 is 26.8 Å². The number of hydrogen-bond acceptors (Lipinski definition) is 7. The van der Waals surface area contributed by atoms with Crippen LogP contribution in [0.5, 0.6) is 11.5 Å². The van der Waals surface area contributed by atoms with E-state index in [0.29, 0.717) is 26.2 Å². The van der Waals surface area contributed by atoms with E-state index in [9.17, 15) is 8.42 Å². The van der Waals surface area contributed by atoms with Crippen LogP contribution in [0.3, 0.4) is 0 Å². The van der Waals surface area contributed by atoms with E-state index >= 15 is 0 Å². The second-order valence-electron chi connectivity index (χ2n) is 9.65. The first kappa shape index (κ1) is 25.7. The molecule has 1 aliphatic heterocycles. The van der Waals surface area contributed by atoms with Crippen molar-refractivity contribution in [3.05, 3.63) is 3.79 Å². The van der Waals surface area contributed by atoms with Gasteiger partial charge in [0.2, 0.25) is 0 Å². The minimum Gasteiger partial charge on any atom is -0.0579 e. The van der Waals surface area contributed by atoms with E-state index in [2.05, 4.69) is 30.7 Å². The third-order valence-electron chi connectivity index (χ3n) is 4.28. The number of fused-ring (bicyclic) bond motifs is 1. The van der Waals surface area contributed by atoms with Gasteiger partial charge in [-0.15, -0.1) is 0 Å². The van der Waals surface area contributed by atoms with Crippen LogP contribution in [0.4, 0.5) is 0 Å². The van der Waals surface area contributed by atoms with Crippen molar-refractivity contribution in [3.63, 3.8) is 0 Å². The molecule has 29 heavy (non-hydrogen) atoms. The summed E-state index contributed by atoms with van der Waals surface area (Å²) in [4.78, 5) is 7.04. The molecule has 0 bridgehead atoms. The van der Waals surface area contributed by atoms with Crippen LogP contribution >= 0.6 is 27.3 Å². The van der Waals surface area contributed by atoms with Crippen LogP contribution in [0.15, 0.2) is 3.79 Å². The van der Waals surface area contributed by atoms with E-state index in [-0.39, 0.29) is 18.1 Å². The zero-order chi connectivity index (χ0) is 22.0. The summed E-state index contributed by atoms with van der Waals surface area (Å²) in [6, 6.07) is 0. The average molecular weight is 620 g/mol. The molecule has 2 unspecified atom stereocenters. The minimum atomic E-state index is -3.59. The van der Waals surface area contributed by atoms with E-state index in [1.807, 2.05) is 20.8 Å². The van der Waals surface area contributed by atoms with Crippen molar-refractivity contribution in [2.45, 2.75) is 60.3 Å². The first-order valence-corrected chi connectivity index (χ1v) is 22.9. The number of thiophene rings is 1. The predicted molar refractivity (Wildman–Crippen MR) is 124 cm³/mol. The van der Waals surface area contributed by atoms with Gasteiger partial charge in [0.1, 0.15) is 0 Å². The zero-order valence-electron chi connectivity index (χ0n) is 18.3. The monoisotopic (exact) mass is 620 g/mol. The summed E-state index contributed by atoms with van der Waals surface area (Å²) in [5.74, 6) is 1.68. The molecule has 0 N–H and O–H groups in total. The van der Waals surface area contributed by atoms with Crippen molar-refractivity contribution in [3.8, 4) is 11.5 Å². The normalized spacial score (nSPS) is 18.7. The predicted octanol–water partition coefficient (Wildman–Crippen LogP) is 4.38. The van der Waals surface area contributed by atoms with Crippen LogP contribution in [0.2, 0.25) is 14.8 Å². The fourth-order valence-electron chi connectivity index (χ4n) is 2.54. The Hall–Kier alpha value is 0.449. The van der Waals surface area contributed by atoms with Gasteiger partial charge < -0.3 is 0 Å². The van der Waals surface area contributed by atoms with Crippen molar-refractivity contribution >= 4 is 58.7 Å². The molecule has 0 aromatic carbocycles. The Morgan fingerprint density at radius 2 is 1.93 bits per heavy atom. The van der Waals surface area contributed by atoms with Gasteiger partial charge in [-0.25, -0.2) is 0 Å². The molecule has 0 fully saturated rings. The first-order valence-electron chi connectivity index (χ1n) is 9.79. The summed E-state index contributed by atoms with van der Waals surface area (Å²) in [5, 5.41) is -0.616. The van der Waals surface area contributed by atoms with Gasteiger partial charge in [0.05, 0.1) is 0 Å².